The second-order valence-electron chi connectivity index (χ2n) is 45.6. The number of methoxy groups -OCH3 is 2. The van der Waals surface area contributed by atoms with Crippen LogP contribution in [0.2, 0.25) is 0 Å². The highest BCUT2D eigenvalue weighted by atomic mass is 19.4. The van der Waals surface area contributed by atoms with Gasteiger partial charge in [-0.05, 0) is 222 Å². The van der Waals surface area contributed by atoms with Crippen molar-refractivity contribution in [3.05, 3.63) is 0 Å². The highest BCUT2D eigenvalue weighted by Crippen LogP contribution is 2.39. The van der Waals surface area contributed by atoms with Crippen LogP contribution < -0.4 is 0 Å². The van der Waals surface area contributed by atoms with Crippen LogP contribution in [0.15, 0.2) is 0 Å². The van der Waals surface area contributed by atoms with Gasteiger partial charge in [-0.25, -0.2) is 26.3 Å². The van der Waals surface area contributed by atoms with Gasteiger partial charge in [-0.1, -0.05) is 365 Å². The van der Waals surface area contributed by atoms with Gasteiger partial charge >= 0.3 is 31.5 Å². The highest BCUT2D eigenvalue weighted by Gasteiger charge is 2.39. The summed E-state index contributed by atoms with van der Waals surface area (Å²) in [6, 6.07) is 0. The molecule has 0 amide bonds. The van der Waals surface area contributed by atoms with E-state index in [-0.39, 0.29) is 118 Å². The van der Waals surface area contributed by atoms with Crippen LogP contribution >= 0.6 is 0 Å². The Bertz CT molecular complexity index is 2210. The lowest BCUT2D eigenvalue weighted by Crippen LogP contribution is -2.20. The highest BCUT2D eigenvalue weighted by molar-refractivity contribution is 4.89. The summed E-state index contributed by atoms with van der Waals surface area (Å²) in [5, 5.41) is 0. The van der Waals surface area contributed by atoms with Crippen LogP contribution in [-0.2, 0) is 18.9 Å². The number of hydrogen-bond acceptors (Lipinski definition) is 4. The van der Waals surface area contributed by atoms with E-state index in [4.69, 9.17) is 9.47 Å². The molecule has 1 saturated carbocycles. The normalized spacial score (nSPS) is 16.1. The Morgan fingerprint density at radius 3 is 0.743 bits per heavy atom. The first-order valence-corrected chi connectivity index (χ1v) is 53.3. The van der Waals surface area contributed by atoms with Crippen molar-refractivity contribution in [2.24, 2.45) is 189 Å². The minimum absolute atomic E-state index is 0.0394. The van der Waals surface area contributed by atoms with Crippen molar-refractivity contribution >= 4 is 0 Å². The summed E-state index contributed by atoms with van der Waals surface area (Å²) in [4.78, 5) is 0. The van der Waals surface area contributed by atoms with Crippen LogP contribution in [0.4, 0.5) is 101 Å². The van der Waals surface area contributed by atoms with E-state index < -0.39 is 76.0 Å². The molecule has 1 fully saturated rings. The van der Waals surface area contributed by atoms with E-state index in [1.54, 1.807) is 83.5 Å². The van der Waals surface area contributed by atoms with Gasteiger partial charge in [0.1, 0.15) is 0 Å². The van der Waals surface area contributed by atoms with Gasteiger partial charge < -0.3 is 14.2 Å². The molecule has 16 atom stereocenters. The summed E-state index contributed by atoms with van der Waals surface area (Å²) < 4.78 is 285. The third-order valence-electron chi connectivity index (χ3n) is 27.3. The van der Waals surface area contributed by atoms with Gasteiger partial charge in [-0.3, -0.25) is 17.9 Å². The van der Waals surface area contributed by atoms with Crippen molar-refractivity contribution in [1.82, 2.24) is 0 Å². The number of rotatable bonds is 43. The Kier molecular flexibility index (Phi) is 126. The maximum Gasteiger partial charge on any atom is 0.522 e. The summed E-state index contributed by atoms with van der Waals surface area (Å²) in [6.07, 6.45) is -15.4. The van der Waals surface area contributed by atoms with Crippen LogP contribution in [0.1, 0.15) is 436 Å². The Morgan fingerprint density at radius 1 is 0.286 bits per heavy atom. The average molecular weight is 2090 g/mol. The predicted molar refractivity (Wildman–Crippen MR) is 561 cm³/mol. The summed E-state index contributed by atoms with van der Waals surface area (Å²) in [5.41, 5.74) is 0. The Balaban J connectivity index is -0.0000000918. The summed E-state index contributed by atoms with van der Waals surface area (Å²) in [7, 11) is 3.55. The van der Waals surface area contributed by atoms with Crippen LogP contribution in [0.5, 0.6) is 0 Å². The van der Waals surface area contributed by atoms with E-state index in [1.807, 2.05) is 104 Å². The molecule has 1 rings (SSSR count). The maximum atomic E-state index is 11.7. The van der Waals surface area contributed by atoms with Crippen LogP contribution in [0.3, 0.4) is 0 Å². The zero-order valence-electron chi connectivity index (χ0n) is 99.8. The Labute approximate surface area is 852 Å². The maximum absolute atomic E-state index is 11.7. The van der Waals surface area contributed by atoms with Crippen LogP contribution in [0, 0.1) is 189 Å². The molecule has 0 N–H and O–H groups in total. The van der Waals surface area contributed by atoms with Crippen molar-refractivity contribution in [2.45, 2.75) is 493 Å². The molecule has 4 nitrogen and oxygen atoms in total. The zero-order chi connectivity index (χ0) is 115. The molecule has 0 bridgehead atoms. The van der Waals surface area contributed by atoms with Gasteiger partial charge in [-0.2, -0.15) is 48.3 Å². The largest absolute Gasteiger partial charge is 0.522 e. The molecular formula is C113H233F23O4. The number of ether oxygens (including phenoxy) is 4. The molecule has 0 aromatic carbocycles. The van der Waals surface area contributed by atoms with Crippen molar-refractivity contribution in [2.75, 3.05) is 54.1 Å². The van der Waals surface area contributed by atoms with Gasteiger partial charge in [-0.15, -0.1) is 13.2 Å². The van der Waals surface area contributed by atoms with Crippen molar-refractivity contribution < 1.29 is 120 Å². The monoisotopic (exact) mass is 2090 g/mol. The lowest BCUT2D eigenvalue weighted by molar-refractivity contribution is -0.328. The van der Waals surface area contributed by atoms with E-state index in [2.05, 4.69) is 183 Å². The molecule has 0 aromatic rings. The SMILES string of the molecule is CC(C)C(C)C.CC(C)C(C)C(F)F.CC(C)C(C)CC(F)(F)F.CC(C)C(C)CC(F)(F)F.CC(C)C(C)CC(F)F.CC(C)C(C)CCC(F)(F)F.CC(C)C(C)CCC(F)F.CC(C)C(C)CCCF.CC(C)C(C)CCF.CC(C)C(C)CF.CC(C)C(C)COC(F)(F)F.CC(C)C(C)COC(F)F.CCC(C)C(C)C.CCCC(C)C(C)C.COC1CC1C(C)C.COCC(C)C(C)C. The van der Waals surface area contributed by atoms with Crippen LogP contribution in [-0.4, -0.2) is 111 Å². The van der Waals surface area contributed by atoms with E-state index in [9.17, 15) is 101 Å². The first-order chi connectivity index (χ1) is 63.0. The second-order valence-corrected chi connectivity index (χ2v) is 45.6. The fraction of sp³-hybridized carbons (Fsp3) is 1.00. The van der Waals surface area contributed by atoms with Crippen molar-refractivity contribution in [3.63, 3.8) is 0 Å². The van der Waals surface area contributed by atoms with E-state index >= 15 is 0 Å². The van der Waals surface area contributed by atoms with Crippen molar-refractivity contribution in [1.29, 1.82) is 0 Å². The van der Waals surface area contributed by atoms with Gasteiger partial charge in [0.2, 0.25) is 19.3 Å². The van der Waals surface area contributed by atoms with Gasteiger partial charge in [0.05, 0.1) is 39.3 Å². The minimum atomic E-state index is -4.48. The molecule has 1 aliphatic rings. The quantitative estimate of drug-likeness (QED) is 0.0570. The molecule has 16 unspecified atom stereocenters. The summed E-state index contributed by atoms with van der Waals surface area (Å²) >= 11 is 0. The second kappa shape index (κ2) is 103. The molecule has 0 spiro atoms. The molecule has 0 heterocycles. The van der Waals surface area contributed by atoms with Gasteiger partial charge in [0, 0.05) is 58.8 Å². The first-order valence-electron chi connectivity index (χ1n) is 53.3. The zero-order valence-corrected chi connectivity index (χ0v) is 99.8. The molecule has 140 heavy (non-hydrogen) atoms. The van der Waals surface area contributed by atoms with E-state index in [1.165, 1.54) is 25.7 Å². The third-order valence-corrected chi connectivity index (χ3v) is 27.3. The smallest absolute Gasteiger partial charge is 0.384 e. The van der Waals surface area contributed by atoms with E-state index in [0.29, 0.717) is 77.6 Å². The van der Waals surface area contributed by atoms with Gasteiger partial charge in [0.25, 0.3) is 0 Å². The third kappa shape index (κ3) is 154. The molecular weight excluding hydrogens is 1860 g/mol. The molecule has 27 heteroatoms. The standard InChI is InChI=1S/C8H15F3.C8H16F2.C8H17F.C8H18.C7H13F3O.2C7H13F3.C7H14F2O.C7H14F2.C7H15F.C7H14O.C7H16O.C7H16.C6H12F2.C6H13F.C6H14/c1-6(2)7(3)4-5-8(9,10)11;1-6(2)7(3)4-5-8(9)10;1-7(2)8(3)5-4-6-9;1-5-6-8(4)7(2)3;1-5(2)6(3)4-11-7(8,9)10;2*1-5(2)6(3)4-7(8,9)10;1-5(2)6(3)4-10-7(8)9;1-5(2)6(3)4-7(8)9;1-6(2)7(3)4-5-8;1-5(2)6-4-7(6)8-3;1-6(2)7(3)5-8-4;1-5-7(4)6(2)3;1-4(2)5(3)6(7)8;1-5(2)6(3)4-7;1-5(2)6(3)4/h6-7H,4-5H2,1-3H3;6-8H,4-5H2,1-3H3;7-8H,4-6H2,1-3H3;7-8H,5-6H2,1-4H3;5-6H,4H2,1-3H3;2*5-6H,4H2,1-3H3;5-7H,4H2,1-3H3;5-7H,4H2,1-3H3;6-7H,4-5H2,1-3H3;5-7H,4H2,1-3H3;6-7H,5H2,1-4H3;6-7H,5H2,1-4H3;4-6H,1-3H3;5-6H,4H2,1-3H3;5-6H,1-4H3. The first kappa shape index (κ1) is 171. The minimum Gasteiger partial charge on any atom is -0.384 e. The lowest BCUT2D eigenvalue weighted by atomic mass is 9.93. The Morgan fingerprint density at radius 2 is 0.593 bits per heavy atom. The molecule has 870 valence electrons. The molecule has 0 aromatic heterocycles. The van der Waals surface area contributed by atoms with Crippen molar-refractivity contribution in [3.8, 4) is 0 Å². The van der Waals surface area contributed by atoms with Gasteiger partial charge in [0.15, 0.2) is 0 Å². The molecule has 0 aliphatic heterocycles. The molecule has 0 radical (unpaired) electrons. The average Bonchev–Trinajstić information content (AvgIpc) is 1.69. The molecule has 0 saturated heterocycles. The fourth-order valence-corrected chi connectivity index (χ4v) is 8.62. The molecule has 1 aliphatic carbocycles. The number of halogens is 23. The number of alkyl halides is 23. The Hall–Kier alpha value is -1.77. The summed E-state index contributed by atoms with van der Waals surface area (Å²) in [5.74, 6) is 13.7. The summed E-state index contributed by atoms with van der Waals surface area (Å²) in [6.45, 7) is 99.5. The van der Waals surface area contributed by atoms with E-state index in [0.717, 1.165) is 79.1 Å². The predicted octanol–water partition coefficient (Wildman–Crippen LogP) is 43.8. The topological polar surface area (TPSA) is 36.9 Å². The lowest BCUT2D eigenvalue weighted by Gasteiger charge is -2.16. The fourth-order valence-electron chi connectivity index (χ4n) is 8.62. The number of hydrogen-bond donors (Lipinski definition) is 0. The van der Waals surface area contributed by atoms with Crippen LogP contribution in [0.25, 0.3) is 0 Å².